The van der Waals surface area contributed by atoms with Crippen LogP contribution in [0.3, 0.4) is 0 Å². The fraction of sp³-hybridized carbons (Fsp3) is 0.400. The van der Waals surface area contributed by atoms with Crippen LogP contribution in [0.2, 0.25) is 0 Å². The lowest BCUT2D eigenvalue weighted by Crippen LogP contribution is -2.49. The molecule has 0 saturated carbocycles. The molecule has 9 heteroatoms. The second-order valence-corrected chi connectivity index (χ2v) is 6.81. The maximum Gasteiger partial charge on any atom is 0.416 e. The van der Waals surface area contributed by atoms with E-state index < -0.39 is 11.7 Å². The van der Waals surface area contributed by atoms with Crippen LogP contribution in [0.1, 0.15) is 28.1 Å². The molecule has 0 unspecified atom stereocenters. The van der Waals surface area contributed by atoms with Gasteiger partial charge in [0.05, 0.1) is 17.4 Å². The molecule has 1 saturated heterocycles. The van der Waals surface area contributed by atoms with Crippen molar-refractivity contribution in [3.8, 4) is 0 Å². The van der Waals surface area contributed by atoms with Crippen LogP contribution in [0.15, 0.2) is 41.0 Å². The molecule has 6 nitrogen and oxygen atoms in total. The number of amides is 2. The van der Waals surface area contributed by atoms with Crippen molar-refractivity contribution < 1.29 is 27.2 Å². The molecule has 2 aromatic rings. The topological polar surface area (TPSA) is 65.8 Å². The third-order valence-corrected chi connectivity index (χ3v) is 4.90. The van der Waals surface area contributed by atoms with Gasteiger partial charge in [-0.2, -0.15) is 13.2 Å². The Balaban J connectivity index is 1.46. The Kier molecular flexibility index (Phi) is 6.14. The maximum atomic E-state index is 12.9. The van der Waals surface area contributed by atoms with Gasteiger partial charge in [-0.25, -0.2) is 0 Å². The van der Waals surface area contributed by atoms with Crippen molar-refractivity contribution >= 4 is 17.5 Å². The van der Waals surface area contributed by atoms with E-state index in [2.05, 4.69) is 5.32 Å². The van der Waals surface area contributed by atoms with Gasteiger partial charge in [0.2, 0.25) is 5.91 Å². The van der Waals surface area contributed by atoms with Crippen molar-refractivity contribution in [2.24, 2.45) is 0 Å². The predicted octanol–water partition coefficient (Wildman–Crippen LogP) is 3.08. The van der Waals surface area contributed by atoms with Gasteiger partial charge in [0.25, 0.3) is 5.91 Å². The first-order valence-corrected chi connectivity index (χ1v) is 9.28. The van der Waals surface area contributed by atoms with Gasteiger partial charge in [-0.1, -0.05) is 6.07 Å². The van der Waals surface area contributed by atoms with Gasteiger partial charge in [-0.15, -0.1) is 0 Å². The van der Waals surface area contributed by atoms with Gasteiger partial charge < -0.3 is 19.5 Å². The van der Waals surface area contributed by atoms with E-state index in [4.69, 9.17) is 4.42 Å². The number of anilines is 1. The number of nitrogens with one attached hydrogen (secondary N) is 1. The van der Waals surface area contributed by atoms with Gasteiger partial charge in [0.15, 0.2) is 0 Å². The fourth-order valence-electron chi connectivity index (χ4n) is 3.25. The molecule has 0 spiro atoms. The van der Waals surface area contributed by atoms with Crippen LogP contribution < -0.4 is 10.2 Å². The summed E-state index contributed by atoms with van der Waals surface area (Å²) >= 11 is 0. The molecule has 1 fully saturated rings. The molecular formula is C20H22F3N3O3. The molecule has 29 heavy (non-hydrogen) atoms. The molecule has 1 aromatic heterocycles. The summed E-state index contributed by atoms with van der Waals surface area (Å²) in [6, 6.07) is 6.77. The summed E-state index contributed by atoms with van der Waals surface area (Å²) in [7, 11) is 0. The fourth-order valence-corrected chi connectivity index (χ4v) is 3.25. The van der Waals surface area contributed by atoms with Crippen molar-refractivity contribution in [3.05, 3.63) is 53.5 Å². The number of halogens is 3. The Morgan fingerprint density at radius 3 is 2.48 bits per heavy atom. The van der Waals surface area contributed by atoms with E-state index in [1.165, 1.54) is 12.3 Å². The summed E-state index contributed by atoms with van der Waals surface area (Å²) in [6.45, 7) is 3.63. The van der Waals surface area contributed by atoms with Crippen LogP contribution in [0.25, 0.3) is 0 Å². The van der Waals surface area contributed by atoms with Crippen molar-refractivity contribution in [2.75, 3.05) is 37.6 Å². The molecule has 2 heterocycles. The lowest BCUT2D eigenvalue weighted by molar-refractivity contribution is -0.137. The summed E-state index contributed by atoms with van der Waals surface area (Å²) in [6.07, 6.45) is -2.79. The third kappa shape index (κ3) is 5.10. The first-order chi connectivity index (χ1) is 13.8. The Morgan fingerprint density at radius 2 is 1.86 bits per heavy atom. The first-order valence-electron chi connectivity index (χ1n) is 9.28. The number of benzene rings is 1. The van der Waals surface area contributed by atoms with Crippen LogP contribution in [0.4, 0.5) is 18.9 Å². The van der Waals surface area contributed by atoms with Crippen LogP contribution in [-0.2, 0) is 11.0 Å². The molecule has 1 N–H and O–H groups in total. The number of alkyl halides is 3. The van der Waals surface area contributed by atoms with Crippen molar-refractivity contribution in [1.82, 2.24) is 10.2 Å². The highest BCUT2D eigenvalue weighted by Gasteiger charge is 2.31. The van der Waals surface area contributed by atoms with Gasteiger partial charge in [0, 0.05) is 44.8 Å². The SMILES string of the molecule is Cc1occc1C(=O)NCCC(=O)N1CCN(c2cccc(C(F)(F)F)c2)CC1. The minimum Gasteiger partial charge on any atom is -0.469 e. The Labute approximate surface area is 166 Å². The van der Waals surface area contributed by atoms with E-state index in [1.807, 2.05) is 4.90 Å². The number of rotatable bonds is 5. The van der Waals surface area contributed by atoms with Crippen molar-refractivity contribution in [1.29, 1.82) is 0 Å². The van der Waals surface area contributed by atoms with E-state index in [0.717, 1.165) is 12.1 Å². The number of hydrogen-bond donors (Lipinski definition) is 1. The smallest absolute Gasteiger partial charge is 0.416 e. The quantitative estimate of drug-likeness (QED) is 0.824. The van der Waals surface area contributed by atoms with E-state index in [0.29, 0.717) is 43.2 Å². The number of piperazine rings is 1. The highest BCUT2D eigenvalue weighted by molar-refractivity contribution is 5.95. The van der Waals surface area contributed by atoms with E-state index >= 15 is 0 Å². The summed E-state index contributed by atoms with van der Waals surface area (Å²) in [4.78, 5) is 27.9. The standard InChI is InChI=1S/C20H22F3N3O3/c1-14-17(6-12-29-14)19(28)24-7-5-18(27)26-10-8-25(9-11-26)16-4-2-3-15(13-16)20(21,22)23/h2-4,6,12-13H,5,7-11H2,1H3,(H,24,28). The molecule has 0 bridgehead atoms. The second-order valence-electron chi connectivity index (χ2n) is 6.81. The van der Waals surface area contributed by atoms with E-state index in [9.17, 15) is 22.8 Å². The van der Waals surface area contributed by atoms with Gasteiger partial charge in [-0.05, 0) is 31.2 Å². The zero-order chi connectivity index (χ0) is 21.0. The summed E-state index contributed by atoms with van der Waals surface area (Å²) in [5.74, 6) is 0.121. The molecule has 1 aliphatic rings. The predicted molar refractivity (Wildman–Crippen MR) is 101 cm³/mol. The third-order valence-electron chi connectivity index (χ3n) is 4.90. The number of nitrogens with zero attached hydrogens (tertiary/aromatic N) is 2. The Hall–Kier alpha value is -2.97. The molecule has 2 amide bonds. The second kappa shape index (κ2) is 8.59. The zero-order valence-corrected chi connectivity index (χ0v) is 16.0. The molecule has 0 radical (unpaired) electrons. The van der Waals surface area contributed by atoms with E-state index in [1.54, 1.807) is 24.0 Å². The highest BCUT2D eigenvalue weighted by Crippen LogP contribution is 2.31. The monoisotopic (exact) mass is 409 g/mol. The average Bonchev–Trinajstić information content (AvgIpc) is 3.13. The lowest BCUT2D eigenvalue weighted by atomic mass is 10.1. The first kappa shape index (κ1) is 20.8. The number of furan rings is 1. The molecule has 3 rings (SSSR count). The number of aryl methyl sites for hydroxylation is 1. The van der Waals surface area contributed by atoms with Crippen molar-refractivity contribution in [2.45, 2.75) is 19.5 Å². The minimum atomic E-state index is -4.38. The summed E-state index contributed by atoms with van der Waals surface area (Å²) in [5, 5.41) is 2.69. The zero-order valence-electron chi connectivity index (χ0n) is 16.0. The lowest BCUT2D eigenvalue weighted by Gasteiger charge is -2.36. The number of carbonyl (C=O) groups is 2. The summed E-state index contributed by atoms with van der Waals surface area (Å²) < 4.78 is 43.7. The van der Waals surface area contributed by atoms with Gasteiger partial charge in [0.1, 0.15) is 5.76 Å². The van der Waals surface area contributed by atoms with Crippen LogP contribution in [0, 0.1) is 6.92 Å². The molecule has 1 aliphatic heterocycles. The molecule has 1 aromatic carbocycles. The van der Waals surface area contributed by atoms with Gasteiger partial charge in [-0.3, -0.25) is 9.59 Å². The number of hydrogen-bond acceptors (Lipinski definition) is 4. The Bertz CT molecular complexity index is 871. The van der Waals surface area contributed by atoms with Crippen molar-refractivity contribution in [3.63, 3.8) is 0 Å². The summed E-state index contributed by atoms with van der Waals surface area (Å²) in [5.41, 5.74) is 0.249. The van der Waals surface area contributed by atoms with Crippen LogP contribution >= 0.6 is 0 Å². The average molecular weight is 409 g/mol. The molecular weight excluding hydrogens is 387 g/mol. The maximum absolute atomic E-state index is 12.9. The van der Waals surface area contributed by atoms with E-state index in [-0.39, 0.29) is 24.8 Å². The molecule has 0 atom stereocenters. The minimum absolute atomic E-state index is 0.0992. The Morgan fingerprint density at radius 1 is 1.14 bits per heavy atom. The molecule has 0 aliphatic carbocycles. The normalized spacial score (nSPS) is 14.8. The highest BCUT2D eigenvalue weighted by atomic mass is 19.4. The molecule has 156 valence electrons. The van der Waals surface area contributed by atoms with Gasteiger partial charge >= 0.3 is 6.18 Å². The van der Waals surface area contributed by atoms with Crippen LogP contribution in [0.5, 0.6) is 0 Å². The largest absolute Gasteiger partial charge is 0.469 e. The number of carbonyl (C=O) groups excluding carboxylic acids is 2. The van der Waals surface area contributed by atoms with Crippen LogP contribution in [-0.4, -0.2) is 49.4 Å².